The highest BCUT2D eigenvalue weighted by atomic mass is 16.5. The van der Waals surface area contributed by atoms with Crippen molar-refractivity contribution in [2.75, 3.05) is 6.61 Å². The van der Waals surface area contributed by atoms with E-state index in [0.717, 1.165) is 24.2 Å². The van der Waals surface area contributed by atoms with Crippen LogP contribution in [0.5, 0.6) is 5.75 Å². The van der Waals surface area contributed by atoms with Crippen LogP contribution in [-0.2, 0) is 4.79 Å². The molecular formula is C19H26O3. The number of carboxylic acids is 1. The number of hydrogen-bond donors (Lipinski definition) is 1. The maximum absolute atomic E-state index is 10.8. The Morgan fingerprint density at radius 2 is 2.09 bits per heavy atom. The van der Waals surface area contributed by atoms with Crippen molar-refractivity contribution in [1.29, 1.82) is 0 Å². The molecule has 0 atom stereocenters. The number of rotatable bonds is 8. The number of unbranched alkanes of at least 4 members (excludes halogenated alkanes) is 2. The molecule has 1 fully saturated rings. The highest BCUT2D eigenvalue weighted by molar-refractivity contribution is 5.86. The van der Waals surface area contributed by atoms with Crippen molar-refractivity contribution in [1.82, 2.24) is 0 Å². The van der Waals surface area contributed by atoms with Gasteiger partial charge in [0.05, 0.1) is 6.61 Å². The highest BCUT2D eigenvalue weighted by Gasteiger charge is 2.21. The Bertz CT molecular complexity index is 513. The molecule has 0 amide bonds. The molecule has 0 spiro atoms. The monoisotopic (exact) mass is 302 g/mol. The van der Waals surface area contributed by atoms with Crippen molar-refractivity contribution in [3.05, 3.63) is 35.4 Å². The minimum atomic E-state index is -0.928. The van der Waals surface area contributed by atoms with Gasteiger partial charge in [0.15, 0.2) is 0 Å². The molecule has 1 aliphatic rings. The maximum atomic E-state index is 10.8. The molecule has 2 rings (SSSR count). The van der Waals surface area contributed by atoms with Crippen LogP contribution in [0.4, 0.5) is 0 Å². The first-order chi connectivity index (χ1) is 10.7. The SMILES string of the molecule is CCCCCOc1c(C=CC(=O)O)cccc1C1CCCC1. The predicted octanol–water partition coefficient (Wildman–Crippen LogP) is 5.01. The van der Waals surface area contributed by atoms with Gasteiger partial charge in [-0.2, -0.15) is 0 Å². The summed E-state index contributed by atoms with van der Waals surface area (Å²) in [5, 5.41) is 8.86. The van der Waals surface area contributed by atoms with Crippen LogP contribution in [0, 0.1) is 0 Å². The number of carboxylic acid groups (broad SMARTS) is 1. The molecule has 0 radical (unpaired) electrons. The predicted molar refractivity (Wildman–Crippen MR) is 89.3 cm³/mol. The lowest BCUT2D eigenvalue weighted by Crippen LogP contribution is -2.04. The molecule has 0 unspecified atom stereocenters. The van der Waals surface area contributed by atoms with E-state index in [0.29, 0.717) is 12.5 Å². The molecule has 0 bridgehead atoms. The Hall–Kier alpha value is -1.77. The van der Waals surface area contributed by atoms with Crippen molar-refractivity contribution in [3.63, 3.8) is 0 Å². The van der Waals surface area contributed by atoms with E-state index < -0.39 is 5.97 Å². The zero-order valence-electron chi connectivity index (χ0n) is 13.4. The molecule has 120 valence electrons. The first-order valence-corrected chi connectivity index (χ1v) is 8.39. The van der Waals surface area contributed by atoms with E-state index in [2.05, 4.69) is 13.0 Å². The Morgan fingerprint density at radius 1 is 1.32 bits per heavy atom. The number of ether oxygens (including phenoxy) is 1. The van der Waals surface area contributed by atoms with Gasteiger partial charge in [-0.1, -0.05) is 50.8 Å². The molecule has 1 N–H and O–H groups in total. The third kappa shape index (κ3) is 4.62. The number of benzene rings is 1. The van der Waals surface area contributed by atoms with Crippen molar-refractivity contribution >= 4 is 12.0 Å². The third-order valence-corrected chi connectivity index (χ3v) is 4.27. The van der Waals surface area contributed by atoms with Gasteiger partial charge in [-0.3, -0.25) is 0 Å². The quantitative estimate of drug-likeness (QED) is 0.542. The summed E-state index contributed by atoms with van der Waals surface area (Å²) >= 11 is 0. The van der Waals surface area contributed by atoms with Gasteiger partial charge in [0.1, 0.15) is 5.75 Å². The summed E-state index contributed by atoms with van der Waals surface area (Å²) in [6.45, 7) is 2.87. The summed E-state index contributed by atoms with van der Waals surface area (Å²) in [4.78, 5) is 10.8. The number of hydrogen-bond acceptors (Lipinski definition) is 2. The zero-order chi connectivity index (χ0) is 15.8. The number of aliphatic carboxylic acids is 1. The minimum absolute atomic E-state index is 0.555. The summed E-state index contributed by atoms with van der Waals surface area (Å²) in [6.07, 6.45) is 11.2. The van der Waals surface area contributed by atoms with Gasteiger partial charge in [0, 0.05) is 11.6 Å². The lowest BCUT2D eigenvalue weighted by molar-refractivity contribution is -0.131. The van der Waals surface area contributed by atoms with E-state index >= 15 is 0 Å². The van der Waals surface area contributed by atoms with Gasteiger partial charge in [-0.25, -0.2) is 4.79 Å². The zero-order valence-corrected chi connectivity index (χ0v) is 13.4. The first kappa shape index (κ1) is 16.6. The first-order valence-electron chi connectivity index (χ1n) is 8.39. The van der Waals surface area contributed by atoms with Crippen molar-refractivity contribution in [2.24, 2.45) is 0 Å². The van der Waals surface area contributed by atoms with Gasteiger partial charge < -0.3 is 9.84 Å². The van der Waals surface area contributed by atoms with E-state index in [4.69, 9.17) is 9.84 Å². The Kier molecular flexibility index (Phi) is 6.50. The van der Waals surface area contributed by atoms with E-state index in [1.54, 1.807) is 6.08 Å². The minimum Gasteiger partial charge on any atom is -0.493 e. The molecular weight excluding hydrogens is 276 g/mol. The van der Waals surface area contributed by atoms with Crippen LogP contribution >= 0.6 is 0 Å². The molecule has 0 heterocycles. The second kappa shape index (κ2) is 8.62. The normalized spacial score (nSPS) is 15.5. The van der Waals surface area contributed by atoms with E-state index in [9.17, 15) is 4.79 Å². The maximum Gasteiger partial charge on any atom is 0.328 e. The van der Waals surface area contributed by atoms with Crippen LogP contribution in [0.3, 0.4) is 0 Å². The van der Waals surface area contributed by atoms with Crippen LogP contribution < -0.4 is 4.74 Å². The molecule has 1 aliphatic carbocycles. The molecule has 0 saturated heterocycles. The number of carbonyl (C=O) groups is 1. The Balaban J connectivity index is 2.22. The summed E-state index contributed by atoms with van der Waals surface area (Å²) in [5.41, 5.74) is 2.13. The molecule has 0 aromatic heterocycles. The van der Waals surface area contributed by atoms with E-state index in [1.807, 2.05) is 12.1 Å². The Morgan fingerprint density at radius 3 is 2.77 bits per heavy atom. The van der Waals surface area contributed by atoms with E-state index in [-0.39, 0.29) is 0 Å². The van der Waals surface area contributed by atoms with Gasteiger partial charge in [-0.05, 0) is 36.8 Å². The van der Waals surface area contributed by atoms with E-state index in [1.165, 1.54) is 43.7 Å². The van der Waals surface area contributed by atoms with Crippen LogP contribution in [0.1, 0.15) is 68.9 Å². The molecule has 1 aromatic carbocycles. The van der Waals surface area contributed by atoms with Crippen LogP contribution in [0.2, 0.25) is 0 Å². The molecule has 3 nitrogen and oxygen atoms in total. The fraction of sp³-hybridized carbons (Fsp3) is 0.526. The van der Waals surface area contributed by atoms with Gasteiger partial charge in [-0.15, -0.1) is 0 Å². The summed E-state index contributed by atoms with van der Waals surface area (Å²) in [7, 11) is 0. The second-order valence-corrected chi connectivity index (χ2v) is 5.97. The fourth-order valence-corrected chi connectivity index (χ4v) is 3.12. The molecule has 3 heteroatoms. The van der Waals surface area contributed by atoms with Gasteiger partial charge in [0.25, 0.3) is 0 Å². The van der Waals surface area contributed by atoms with Crippen LogP contribution in [0.25, 0.3) is 6.08 Å². The average molecular weight is 302 g/mol. The van der Waals surface area contributed by atoms with Crippen molar-refractivity contribution in [3.8, 4) is 5.75 Å². The smallest absolute Gasteiger partial charge is 0.328 e. The summed E-state index contributed by atoms with van der Waals surface area (Å²) in [6, 6.07) is 6.09. The third-order valence-electron chi connectivity index (χ3n) is 4.27. The van der Waals surface area contributed by atoms with Gasteiger partial charge in [0.2, 0.25) is 0 Å². The molecule has 22 heavy (non-hydrogen) atoms. The molecule has 1 saturated carbocycles. The Labute approximate surface area is 133 Å². The fourth-order valence-electron chi connectivity index (χ4n) is 3.12. The standard InChI is InChI=1S/C19H26O3/c1-2-3-6-14-22-19-16(12-13-18(20)21)10-7-11-17(19)15-8-4-5-9-15/h7,10-13,15H,2-6,8-9,14H2,1H3,(H,20,21). The number of para-hydroxylation sites is 1. The molecule has 0 aliphatic heterocycles. The highest BCUT2D eigenvalue weighted by Crippen LogP contribution is 2.40. The van der Waals surface area contributed by atoms with Crippen LogP contribution in [0.15, 0.2) is 24.3 Å². The summed E-state index contributed by atoms with van der Waals surface area (Å²) in [5.74, 6) is 0.519. The lowest BCUT2D eigenvalue weighted by Gasteiger charge is -2.18. The second-order valence-electron chi connectivity index (χ2n) is 5.97. The molecule has 1 aromatic rings. The summed E-state index contributed by atoms with van der Waals surface area (Å²) < 4.78 is 6.07. The average Bonchev–Trinajstić information content (AvgIpc) is 3.04. The lowest BCUT2D eigenvalue weighted by atomic mass is 9.94. The topological polar surface area (TPSA) is 46.5 Å². The van der Waals surface area contributed by atoms with Crippen molar-refractivity contribution in [2.45, 2.75) is 57.8 Å². The van der Waals surface area contributed by atoms with Crippen molar-refractivity contribution < 1.29 is 14.6 Å². The van der Waals surface area contributed by atoms with Crippen LogP contribution in [-0.4, -0.2) is 17.7 Å². The largest absolute Gasteiger partial charge is 0.493 e. The van der Waals surface area contributed by atoms with Gasteiger partial charge >= 0.3 is 5.97 Å².